The van der Waals surface area contributed by atoms with Crippen molar-refractivity contribution >= 4 is 17.7 Å². The highest BCUT2D eigenvalue weighted by atomic mass is 19.1. The first-order valence-electron chi connectivity index (χ1n) is 5.17. The second-order valence-corrected chi connectivity index (χ2v) is 3.62. The van der Waals surface area contributed by atoms with Crippen LogP contribution in [0, 0.1) is 5.82 Å². The van der Waals surface area contributed by atoms with Gasteiger partial charge in [-0.05, 0) is 25.1 Å². The number of amides is 2. The number of carboxylic acid groups (broad SMARTS) is 1. The molecular weight excluding hydrogens is 239 g/mol. The zero-order valence-electron chi connectivity index (χ0n) is 9.74. The molecule has 2 amide bonds. The molecule has 5 nitrogen and oxygen atoms in total. The fraction of sp³-hybridized carbons (Fsp3) is 0.167. The minimum atomic E-state index is -1.39. The Balaban J connectivity index is 2.79. The summed E-state index contributed by atoms with van der Waals surface area (Å²) in [6.45, 7) is 5.22. The van der Waals surface area contributed by atoms with Crippen LogP contribution in [0.4, 0.5) is 14.9 Å². The molecule has 0 heterocycles. The summed E-state index contributed by atoms with van der Waals surface area (Å²) in [4.78, 5) is 22.1. The molecule has 0 aromatic heterocycles. The summed E-state index contributed by atoms with van der Waals surface area (Å²) in [5.74, 6) is -2.25. The summed E-state index contributed by atoms with van der Waals surface area (Å²) in [6.07, 6.45) is 1.53. The first-order chi connectivity index (χ1) is 8.43. The molecule has 1 aromatic rings. The number of aromatic carboxylic acids is 1. The van der Waals surface area contributed by atoms with Gasteiger partial charge >= 0.3 is 12.0 Å². The van der Waals surface area contributed by atoms with Gasteiger partial charge in [-0.15, -0.1) is 6.58 Å². The third-order valence-electron chi connectivity index (χ3n) is 2.17. The number of anilines is 1. The lowest BCUT2D eigenvalue weighted by Gasteiger charge is -2.11. The second-order valence-electron chi connectivity index (χ2n) is 3.62. The molecular formula is C12H13FN2O3. The molecule has 0 fully saturated rings. The van der Waals surface area contributed by atoms with Crippen LogP contribution in [0.1, 0.15) is 17.3 Å². The van der Waals surface area contributed by atoms with Crippen LogP contribution in [0.15, 0.2) is 30.9 Å². The molecule has 18 heavy (non-hydrogen) atoms. The third-order valence-corrected chi connectivity index (χ3v) is 2.17. The van der Waals surface area contributed by atoms with Crippen LogP contribution in [-0.2, 0) is 0 Å². The van der Waals surface area contributed by atoms with Gasteiger partial charge in [0.05, 0.1) is 5.56 Å². The van der Waals surface area contributed by atoms with Gasteiger partial charge in [0.25, 0.3) is 0 Å². The fourth-order valence-corrected chi connectivity index (χ4v) is 1.20. The van der Waals surface area contributed by atoms with Crippen molar-refractivity contribution in [3.8, 4) is 0 Å². The molecule has 96 valence electrons. The molecule has 0 spiro atoms. The molecule has 0 radical (unpaired) electrons. The molecule has 1 atom stereocenters. The molecule has 6 heteroatoms. The number of hydrogen-bond donors (Lipinski definition) is 3. The van der Waals surface area contributed by atoms with Crippen LogP contribution >= 0.6 is 0 Å². The molecule has 0 saturated carbocycles. The highest BCUT2D eigenvalue weighted by Gasteiger charge is 2.12. The lowest BCUT2D eigenvalue weighted by Crippen LogP contribution is -2.34. The summed E-state index contributed by atoms with van der Waals surface area (Å²) >= 11 is 0. The van der Waals surface area contributed by atoms with Gasteiger partial charge in [0.2, 0.25) is 0 Å². The average molecular weight is 252 g/mol. The Morgan fingerprint density at radius 3 is 2.72 bits per heavy atom. The van der Waals surface area contributed by atoms with Crippen molar-refractivity contribution in [3.63, 3.8) is 0 Å². The fourth-order valence-electron chi connectivity index (χ4n) is 1.20. The quantitative estimate of drug-likeness (QED) is 0.719. The van der Waals surface area contributed by atoms with E-state index in [1.165, 1.54) is 12.1 Å². The van der Waals surface area contributed by atoms with Crippen molar-refractivity contribution in [1.82, 2.24) is 5.32 Å². The maximum absolute atomic E-state index is 13.1. The molecule has 0 aliphatic carbocycles. The maximum Gasteiger partial charge on any atom is 0.338 e. The van der Waals surface area contributed by atoms with Crippen molar-refractivity contribution in [2.24, 2.45) is 0 Å². The SMILES string of the molecule is C=CC(C)NC(=O)Nc1ccc(F)c(C(=O)O)c1. The smallest absolute Gasteiger partial charge is 0.338 e. The summed E-state index contributed by atoms with van der Waals surface area (Å²) in [7, 11) is 0. The van der Waals surface area contributed by atoms with E-state index in [0.29, 0.717) is 0 Å². The van der Waals surface area contributed by atoms with Gasteiger partial charge in [0, 0.05) is 11.7 Å². The van der Waals surface area contributed by atoms with Crippen molar-refractivity contribution in [2.75, 3.05) is 5.32 Å². The number of nitrogens with one attached hydrogen (secondary N) is 2. The van der Waals surface area contributed by atoms with Gasteiger partial charge < -0.3 is 15.7 Å². The lowest BCUT2D eigenvalue weighted by atomic mass is 10.2. The Morgan fingerprint density at radius 1 is 1.50 bits per heavy atom. The van der Waals surface area contributed by atoms with E-state index in [-0.39, 0.29) is 11.7 Å². The molecule has 0 aliphatic rings. The van der Waals surface area contributed by atoms with Crippen LogP contribution in [-0.4, -0.2) is 23.1 Å². The normalized spacial score (nSPS) is 11.4. The molecule has 0 bridgehead atoms. The van der Waals surface area contributed by atoms with Crippen LogP contribution in [0.2, 0.25) is 0 Å². The zero-order valence-corrected chi connectivity index (χ0v) is 9.74. The van der Waals surface area contributed by atoms with E-state index in [2.05, 4.69) is 17.2 Å². The van der Waals surface area contributed by atoms with Crippen molar-refractivity contribution in [3.05, 3.63) is 42.2 Å². The van der Waals surface area contributed by atoms with Gasteiger partial charge in [0.15, 0.2) is 0 Å². The first kappa shape index (κ1) is 13.7. The monoisotopic (exact) mass is 252 g/mol. The number of carboxylic acids is 1. The van der Waals surface area contributed by atoms with Gasteiger partial charge in [-0.3, -0.25) is 0 Å². The minimum absolute atomic E-state index is 0.197. The Hall–Kier alpha value is -2.37. The molecule has 1 unspecified atom stereocenters. The number of rotatable bonds is 4. The van der Waals surface area contributed by atoms with Gasteiger partial charge in [-0.1, -0.05) is 6.08 Å². The van der Waals surface area contributed by atoms with Crippen molar-refractivity contribution in [2.45, 2.75) is 13.0 Å². The average Bonchev–Trinajstić information content (AvgIpc) is 2.31. The first-order valence-corrected chi connectivity index (χ1v) is 5.17. The molecule has 0 saturated heterocycles. The maximum atomic E-state index is 13.1. The zero-order chi connectivity index (χ0) is 13.7. The standard InChI is InChI=1S/C12H13FN2O3/c1-3-7(2)14-12(18)15-8-4-5-10(13)9(6-8)11(16)17/h3-7H,1H2,2H3,(H,16,17)(H2,14,15,18). The van der Waals surface area contributed by atoms with Crippen LogP contribution in [0.3, 0.4) is 0 Å². The lowest BCUT2D eigenvalue weighted by molar-refractivity contribution is 0.0692. The Bertz CT molecular complexity index is 488. The van der Waals surface area contributed by atoms with Crippen molar-refractivity contribution < 1.29 is 19.1 Å². The molecule has 0 aliphatic heterocycles. The van der Waals surface area contributed by atoms with E-state index in [4.69, 9.17) is 5.11 Å². The molecule has 1 rings (SSSR count). The largest absolute Gasteiger partial charge is 0.478 e. The molecule has 3 N–H and O–H groups in total. The Kier molecular flexibility index (Phi) is 4.42. The number of carbonyl (C=O) groups is 2. The van der Waals surface area contributed by atoms with E-state index >= 15 is 0 Å². The summed E-state index contributed by atoms with van der Waals surface area (Å²) in [6, 6.07) is 2.56. The highest BCUT2D eigenvalue weighted by Crippen LogP contribution is 2.14. The van der Waals surface area contributed by atoms with Gasteiger partial charge in [-0.2, -0.15) is 0 Å². The summed E-state index contributed by atoms with van der Waals surface area (Å²) < 4.78 is 13.1. The number of hydrogen-bond acceptors (Lipinski definition) is 2. The number of halogens is 1. The summed E-state index contributed by atoms with van der Waals surface area (Å²) in [5.41, 5.74) is -0.299. The van der Waals surface area contributed by atoms with Crippen LogP contribution in [0.5, 0.6) is 0 Å². The van der Waals surface area contributed by atoms with Crippen LogP contribution in [0.25, 0.3) is 0 Å². The Morgan fingerprint density at radius 2 is 2.17 bits per heavy atom. The predicted octanol–water partition coefficient (Wildman–Crippen LogP) is 2.22. The minimum Gasteiger partial charge on any atom is -0.478 e. The summed E-state index contributed by atoms with van der Waals surface area (Å²) in [5, 5.41) is 13.7. The highest BCUT2D eigenvalue weighted by molar-refractivity contribution is 5.93. The number of benzene rings is 1. The second kappa shape index (κ2) is 5.81. The number of carbonyl (C=O) groups excluding carboxylic acids is 1. The van der Waals surface area contributed by atoms with E-state index in [1.54, 1.807) is 6.92 Å². The van der Waals surface area contributed by atoms with Gasteiger partial charge in [0.1, 0.15) is 5.82 Å². The third kappa shape index (κ3) is 3.58. The van der Waals surface area contributed by atoms with E-state index < -0.39 is 23.4 Å². The predicted molar refractivity (Wildman–Crippen MR) is 65.2 cm³/mol. The van der Waals surface area contributed by atoms with E-state index in [9.17, 15) is 14.0 Å². The van der Waals surface area contributed by atoms with Crippen molar-refractivity contribution in [1.29, 1.82) is 0 Å². The van der Waals surface area contributed by atoms with Crippen LogP contribution < -0.4 is 10.6 Å². The topological polar surface area (TPSA) is 78.4 Å². The van der Waals surface area contributed by atoms with E-state index in [1.807, 2.05) is 0 Å². The Labute approximate surface area is 103 Å². The van der Waals surface area contributed by atoms with E-state index in [0.717, 1.165) is 12.1 Å². The molecule has 1 aromatic carbocycles. The number of urea groups is 1. The van der Waals surface area contributed by atoms with Gasteiger partial charge in [-0.25, -0.2) is 14.0 Å².